The van der Waals surface area contributed by atoms with E-state index in [1.807, 2.05) is 0 Å². The summed E-state index contributed by atoms with van der Waals surface area (Å²) in [6.07, 6.45) is 1.30. The fourth-order valence-corrected chi connectivity index (χ4v) is 3.38. The van der Waals surface area contributed by atoms with Crippen LogP contribution in [0.5, 0.6) is 0 Å². The fraction of sp³-hybridized carbons (Fsp3) is 0.944. The van der Waals surface area contributed by atoms with Gasteiger partial charge in [0.15, 0.2) is 0 Å². The van der Waals surface area contributed by atoms with E-state index >= 15 is 0 Å². The third-order valence-electron chi connectivity index (χ3n) is 4.91. The Bertz CT molecular complexity index is 260. The van der Waals surface area contributed by atoms with Crippen molar-refractivity contribution in [1.82, 2.24) is 0 Å². The second-order valence-corrected chi connectivity index (χ2v) is 7.77. The molecule has 0 rings (SSSR count). The molecule has 4 unspecified atom stereocenters. The van der Waals surface area contributed by atoms with Gasteiger partial charge in [0.1, 0.15) is 0 Å². The summed E-state index contributed by atoms with van der Waals surface area (Å²) in [6.45, 7) is 20.3. The molecule has 0 radical (unpaired) electrons. The Labute approximate surface area is 129 Å². The van der Waals surface area contributed by atoms with Crippen molar-refractivity contribution in [3.8, 4) is 0 Å². The molecule has 0 heterocycles. The Balaban J connectivity index is 4.99. The van der Waals surface area contributed by atoms with Gasteiger partial charge < -0.3 is 4.74 Å². The van der Waals surface area contributed by atoms with Crippen molar-refractivity contribution in [3.05, 3.63) is 0 Å². The molecule has 120 valence electrons. The minimum Gasteiger partial charge on any atom is -0.381 e. The molecule has 0 fully saturated rings. The average Bonchev–Trinajstić information content (AvgIpc) is 2.38. The maximum atomic E-state index is 5.81. The van der Waals surface area contributed by atoms with Crippen molar-refractivity contribution < 1.29 is 4.74 Å². The Morgan fingerprint density at radius 2 is 1.60 bits per heavy atom. The molecule has 0 aliphatic carbocycles. The van der Waals surface area contributed by atoms with Crippen molar-refractivity contribution in [2.24, 2.45) is 35.5 Å². The van der Waals surface area contributed by atoms with E-state index in [0.717, 1.165) is 31.0 Å². The second kappa shape index (κ2) is 10.8. The Morgan fingerprint density at radius 1 is 1.00 bits per heavy atom. The monoisotopic (exact) mass is 300 g/mol. The van der Waals surface area contributed by atoms with Crippen LogP contribution in [0.3, 0.4) is 0 Å². The SMILES string of the molecule is CCOCC(C(C=PC)CC(C)C(C)C)C(C)C(C)C. The summed E-state index contributed by atoms with van der Waals surface area (Å²) in [7, 11) is 1.40. The number of ether oxygens (including phenoxy) is 1. The number of hydrogen-bond acceptors (Lipinski definition) is 1. The van der Waals surface area contributed by atoms with E-state index in [1.165, 1.54) is 14.6 Å². The summed E-state index contributed by atoms with van der Waals surface area (Å²) < 4.78 is 5.81. The van der Waals surface area contributed by atoms with Crippen LogP contribution in [0.4, 0.5) is 0 Å². The van der Waals surface area contributed by atoms with Crippen molar-refractivity contribution in [3.63, 3.8) is 0 Å². The molecular formula is C18H37OP. The van der Waals surface area contributed by atoms with E-state index in [4.69, 9.17) is 4.74 Å². The quantitative estimate of drug-likeness (QED) is 0.477. The maximum absolute atomic E-state index is 5.81. The normalized spacial score (nSPS) is 18.7. The van der Waals surface area contributed by atoms with Crippen LogP contribution in [-0.4, -0.2) is 25.7 Å². The van der Waals surface area contributed by atoms with Gasteiger partial charge in [0.05, 0.1) is 6.61 Å². The van der Waals surface area contributed by atoms with Crippen LogP contribution in [-0.2, 0) is 4.74 Å². The van der Waals surface area contributed by atoms with Gasteiger partial charge in [-0.15, -0.1) is 8.20 Å². The van der Waals surface area contributed by atoms with Crippen LogP contribution in [0, 0.1) is 35.5 Å². The average molecular weight is 300 g/mol. The molecule has 0 bridgehead atoms. The lowest BCUT2D eigenvalue weighted by Crippen LogP contribution is -2.32. The first-order valence-corrected chi connectivity index (χ1v) is 9.76. The Hall–Kier alpha value is 0.130. The van der Waals surface area contributed by atoms with Gasteiger partial charge >= 0.3 is 0 Å². The maximum Gasteiger partial charge on any atom is 0.0502 e. The van der Waals surface area contributed by atoms with Crippen molar-refractivity contribution in [2.75, 3.05) is 19.9 Å². The minimum atomic E-state index is 0.656. The molecule has 0 saturated heterocycles. The standard InChI is InChI=1S/C18H37OP/c1-9-19-11-18(16(7)14(4)5)17(12-20-8)10-15(6)13(2)3/h12-18H,9-11H2,1-8H3. The lowest BCUT2D eigenvalue weighted by atomic mass is 9.74. The molecule has 0 aromatic heterocycles. The fourth-order valence-electron chi connectivity index (χ4n) is 2.65. The van der Waals surface area contributed by atoms with Crippen LogP contribution >= 0.6 is 8.20 Å². The molecule has 1 nitrogen and oxygen atoms in total. The highest BCUT2D eigenvalue weighted by molar-refractivity contribution is 7.37. The zero-order valence-corrected chi connectivity index (χ0v) is 15.9. The van der Waals surface area contributed by atoms with Crippen LogP contribution in [0.15, 0.2) is 0 Å². The van der Waals surface area contributed by atoms with Crippen molar-refractivity contribution in [1.29, 1.82) is 0 Å². The smallest absolute Gasteiger partial charge is 0.0502 e. The predicted octanol–water partition coefficient (Wildman–Crippen LogP) is 5.61. The van der Waals surface area contributed by atoms with Crippen LogP contribution in [0.2, 0.25) is 0 Å². The minimum absolute atomic E-state index is 0.656. The van der Waals surface area contributed by atoms with E-state index in [1.54, 1.807) is 0 Å². The highest BCUT2D eigenvalue weighted by Crippen LogP contribution is 2.33. The van der Waals surface area contributed by atoms with E-state index in [9.17, 15) is 0 Å². The molecule has 4 atom stereocenters. The van der Waals surface area contributed by atoms with Gasteiger partial charge in [-0.05, 0) is 55.5 Å². The lowest BCUT2D eigenvalue weighted by Gasteiger charge is -2.34. The molecule has 20 heavy (non-hydrogen) atoms. The molecule has 0 aliphatic heterocycles. The summed E-state index contributed by atoms with van der Waals surface area (Å²) in [5.74, 6) is 6.83. The first-order valence-electron chi connectivity index (χ1n) is 8.35. The summed E-state index contributed by atoms with van der Waals surface area (Å²) >= 11 is 0. The second-order valence-electron chi connectivity index (χ2n) is 6.95. The van der Waals surface area contributed by atoms with Gasteiger partial charge in [0.2, 0.25) is 0 Å². The van der Waals surface area contributed by atoms with Crippen LogP contribution in [0.25, 0.3) is 0 Å². The van der Waals surface area contributed by atoms with Gasteiger partial charge in [0, 0.05) is 6.61 Å². The van der Waals surface area contributed by atoms with E-state index < -0.39 is 0 Å². The molecule has 0 saturated carbocycles. The molecule has 0 aromatic rings. The largest absolute Gasteiger partial charge is 0.381 e. The Morgan fingerprint density at radius 3 is 2.00 bits per heavy atom. The van der Waals surface area contributed by atoms with Crippen LogP contribution in [0.1, 0.15) is 54.9 Å². The molecule has 0 spiro atoms. The lowest BCUT2D eigenvalue weighted by molar-refractivity contribution is 0.0568. The summed E-state index contributed by atoms with van der Waals surface area (Å²) in [6, 6.07) is 0. The Kier molecular flexibility index (Phi) is 10.9. The van der Waals surface area contributed by atoms with Gasteiger partial charge in [-0.25, -0.2) is 0 Å². The topological polar surface area (TPSA) is 9.23 Å². The number of hydrogen-bond donors (Lipinski definition) is 0. The van der Waals surface area contributed by atoms with Gasteiger partial charge in [-0.2, -0.15) is 0 Å². The third kappa shape index (κ3) is 7.23. The molecule has 0 amide bonds. The van der Waals surface area contributed by atoms with Gasteiger partial charge in [-0.1, -0.05) is 47.3 Å². The summed E-state index contributed by atoms with van der Waals surface area (Å²) in [5, 5.41) is 0. The molecule has 0 aromatic carbocycles. The highest BCUT2D eigenvalue weighted by atomic mass is 31.1. The molecule has 0 aliphatic rings. The molecule has 0 N–H and O–H groups in total. The van der Waals surface area contributed by atoms with Gasteiger partial charge in [-0.3, -0.25) is 0 Å². The predicted molar refractivity (Wildman–Crippen MR) is 95.0 cm³/mol. The van der Waals surface area contributed by atoms with Crippen molar-refractivity contribution in [2.45, 2.75) is 54.9 Å². The third-order valence-corrected chi connectivity index (χ3v) is 5.59. The zero-order chi connectivity index (χ0) is 15.7. The molecule has 2 heteroatoms. The zero-order valence-electron chi connectivity index (χ0n) is 15.0. The van der Waals surface area contributed by atoms with Crippen molar-refractivity contribution >= 4 is 14.0 Å². The van der Waals surface area contributed by atoms with E-state index in [0.29, 0.717) is 17.8 Å². The van der Waals surface area contributed by atoms with E-state index in [-0.39, 0.29) is 0 Å². The number of rotatable bonds is 10. The molecular weight excluding hydrogens is 263 g/mol. The first kappa shape index (κ1) is 20.1. The van der Waals surface area contributed by atoms with Crippen LogP contribution < -0.4 is 0 Å². The van der Waals surface area contributed by atoms with E-state index in [2.05, 4.69) is 60.9 Å². The highest BCUT2D eigenvalue weighted by Gasteiger charge is 2.29. The first-order chi connectivity index (χ1) is 9.34. The summed E-state index contributed by atoms with van der Waals surface area (Å²) in [4.78, 5) is 0. The van der Waals surface area contributed by atoms with Gasteiger partial charge in [0.25, 0.3) is 0 Å². The summed E-state index contributed by atoms with van der Waals surface area (Å²) in [5.41, 5.74) is 0.